The lowest BCUT2D eigenvalue weighted by Crippen LogP contribution is -1.94. The minimum atomic E-state index is 0.562. The molecule has 0 heterocycles. The van der Waals surface area contributed by atoms with Crippen LogP contribution in [0.4, 0.5) is 0 Å². The third-order valence-electron chi connectivity index (χ3n) is 1.26. The molecule has 0 aliphatic carbocycles. The number of nitrogens with two attached hydrogens (primary N) is 1. The summed E-state index contributed by atoms with van der Waals surface area (Å²) in [5.41, 5.74) is 6.47. The Kier molecular flexibility index (Phi) is 2.59. The van der Waals surface area contributed by atoms with Gasteiger partial charge in [-0.3, -0.25) is 0 Å². The smallest absolute Gasteiger partial charge is 0.137 e. The predicted molar refractivity (Wildman–Crippen MR) is 43.9 cm³/mol. The first-order chi connectivity index (χ1) is 4.86. The predicted octanol–water partition coefficient (Wildman–Crippen LogP) is 1.37. The van der Waals surface area contributed by atoms with Crippen LogP contribution in [0.25, 0.3) is 0 Å². The fourth-order valence-electron chi connectivity index (χ4n) is 0.686. The Hall–Kier alpha value is -0.670. The molecule has 0 fully saturated rings. The number of rotatable bonds is 2. The zero-order valence-electron chi connectivity index (χ0n) is 5.45. The highest BCUT2D eigenvalue weighted by atomic mass is 32.1. The van der Waals surface area contributed by atoms with E-state index in [2.05, 4.69) is 17.1 Å². The van der Waals surface area contributed by atoms with E-state index in [4.69, 9.17) is 5.73 Å². The SMILES string of the molecule is NCc1ccc(OS)cc1. The van der Waals surface area contributed by atoms with Gasteiger partial charge in [0, 0.05) is 19.5 Å². The number of benzene rings is 1. The van der Waals surface area contributed by atoms with Gasteiger partial charge >= 0.3 is 0 Å². The first-order valence-electron chi connectivity index (χ1n) is 2.97. The van der Waals surface area contributed by atoms with Crippen molar-refractivity contribution in [1.29, 1.82) is 0 Å². The van der Waals surface area contributed by atoms with Gasteiger partial charge in [-0.25, -0.2) is 0 Å². The van der Waals surface area contributed by atoms with Crippen molar-refractivity contribution >= 4 is 12.9 Å². The molecule has 0 aromatic heterocycles. The van der Waals surface area contributed by atoms with Gasteiger partial charge in [0.2, 0.25) is 0 Å². The molecule has 54 valence electrons. The van der Waals surface area contributed by atoms with Crippen molar-refractivity contribution in [2.24, 2.45) is 5.73 Å². The van der Waals surface area contributed by atoms with Crippen LogP contribution in [0.3, 0.4) is 0 Å². The van der Waals surface area contributed by atoms with Crippen LogP contribution in [-0.4, -0.2) is 0 Å². The maximum atomic E-state index is 5.38. The van der Waals surface area contributed by atoms with Gasteiger partial charge in [0.15, 0.2) is 0 Å². The lowest BCUT2D eigenvalue weighted by atomic mass is 10.2. The van der Waals surface area contributed by atoms with Gasteiger partial charge in [0.05, 0.1) is 0 Å². The van der Waals surface area contributed by atoms with Crippen molar-refractivity contribution < 1.29 is 4.18 Å². The molecular weight excluding hydrogens is 146 g/mol. The van der Waals surface area contributed by atoms with E-state index in [1.807, 2.05) is 24.3 Å². The van der Waals surface area contributed by atoms with Crippen molar-refractivity contribution in [2.75, 3.05) is 0 Å². The van der Waals surface area contributed by atoms with E-state index in [1.54, 1.807) is 0 Å². The van der Waals surface area contributed by atoms with Crippen molar-refractivity contribution in [3.8, 4) is 5.75 Å². The second-order valence-electron chi connectivity index (χ2n) is 1.94. The largest absolute Gasteiger partial charge is 0.429 e. The molecule has 0 saturated carbocycles. The van der Waals surface area contributed by atoms with Crippen LogP contribution in [0.5, 0.6) is 5.75 Å². The average molecular weight is 155 g/mol. The molecule has 0 aliphatic heterocycles. The molecule has 0 amide bonds. The Balaban J connectivity index is 2.80. The molecular formula is C7H9NOS. The van der Waals surface area contributed by atoms with Crippen molar-refractivity contribution in [2.45, 2.75) is 6.54 Å². The van der Waals surface area contributed by atoms with Gasteiger partial charge in [-0.05, 0) is 17.7 Å². The molecule has 3 heteroatoms. The summed E-state index contributed by atoms with van der Waals surface area (Å²) in [7, 11) is 0. The zero-order chi connectivity index (χ0) is 7.40. The van der Waals surface area contributed by atoms with Crippen LogP contribution >= 0.6 is 12.9 Å². The summed E-state index contributed by atoms with van der Waals surface area (Å²) in [6, 6.07) is 7.47. The summed E-state index contributed by atoms with van der Waals surface area (Å²) < 4.78 is 4.67. The minimum Gasteiger partial charge on any atom is -0.429 e. The highest BCUT2D eigenvalue weighted by Crippen LogP contribution is 2.12. The lowest BCUT2D eigenvalue weighted by molar-refractivity contribution is 0.658. The molecule has 0 bridgehead atoms. The molecule has 2 N–H and O–H groups in total. The summed E-state index contributed by atoms with van der Waals surface area (Å²) in [5, 5.41) is 0. The summed E-state index contributed by atoms with van der Waals surface area (Å²) in [6.45, 7) is 0.562. The maximum absolute atomic E-state index is 5.38. The van der Waals surface area contributed by atoms with Crippen LogP contribution in [0.1, 0.15) is 5.56 Å². The van der Waals surface area contributed by atoms with Gasteiger partial charge in [-0.2, -0.15) is 0 Å². The molecule has 0 radical (unpaired) electrons. The third-order valence-corrected chi connectivity index (χ3v) is 1.48. The first kappa shape index (κ1) is 7.44. The van der Waals surface area contributed by atoms with Crippen LogP contribution in [-0.2, 0) is 6.54 Å². The van der Waals surface area contributed by atoms with Crippen LogP contribution in [0.15, 0.2) is 24.3 Å². The van der Waals surface area contributed by atoms with Crippen molar-refractivity contribution in [3.05, 3.63) is 29.8 Å². The second-order valence-corrected chi connectivity index (χ2v) is 2.12. The maximum Gasteiger partial charge on any atom is 0.137 e. The van der Waals surface area contributed by atoms with Gasteiger partial charge in [0.25, 0.3) is 0 Å². The Bertz CT molecular complexity index is 174. The highest BCUT2D eigenvalue weighted by molar-refractivity contribution is 7.75. The fourth-order valence-corrected chi connectivity index (χ4v) is 0.808. The quantitative estimate of drug-likeness (QED) is 0.499. The second kappa shape index (κ2) is 3.49. The fraction of sp³-hybridized carbons (Fsp3) is 0.143. The summed E-state index contributed by atoms with van der Waals surface area (Å²) in [4.78, 5) is 0. The molecule has 1 aromatic rings. The zero-order valence-corrected chi connectivity index (χ0v) is 6.34. The monoisotopic (exact) mass is 155 g/mol. The topological polar surface area (TPSA) is 35.2 Å². The molecule has 1 rings (SSSR count). The molecule has 0 atom stereocenters. The Morgan fingerprint density at radius 2 is 1.90 bits per heavy atom. The number of hydrogen-bond acceptors (Lipinski definition) is 3. The van der Waals surface area contributed by atoms with E-state index >= 15 is 0 Å². The van der Waals surface area contributed by atoms with E-state index in [1.165, 1.54) is 0 Å². The van der Waals surface area contributed by atoms with Crippen molar-refractivity contribution in [1.82, 2.24) is 0 Å². The number of thiol groups is 1. The molecule has 1 aromatic carbocycles. The average Bonchev–Trinajstić information content (AvgIpc) is 2.05. The normalized spacial score (nSPS) is 9.40. The molecule has 0 unspecified atom stereocenters. The van der Waals surface area contributed by atoms with E-state index in [9.17, 15) is 0 Å². The number of hydrogen-bond donors (Lipinski definition) is 2. The first-order valence-corrected chi connectivity index (χ1v) is 3.34. The van der Waals surface area contributed by atoms with E-state index in [0.717, 1.165) is 11.3 Å². The van der Waals surface area contributed by atoms with E-state index in [0.29, 0.717) is 6.54 Å². The Labute approximate surface area is 65.6 Å². The van der Waals surface area contributed by atoms with Gasteiger partial charge < -0.3 is 9.92 Å². The van der Waals surface area contributed by atoms with Crippen LogP contribution < -0.4 is 9.92 Å². The van der Waals surface area contributed by atoms with Gasteiger partial charge in [-0.1, -0.05) is 12.1 Å². The summed E-state index contributed by atoms with van der Waals surface area (Å²) in [6.07, 6.45) is 0. The molecule has 0 aliphatic rings. The lowest BCUT2D eigenvalue weighted by Gasteiger charge is -1.97. The molecule has 10 heavy (non-hydrogen) atoms. The van der Waals surface area contributed by atoms with Crippen LogP contribution in [0, 0.1) is 0 Å². The Morgan fingerprint density at radius 1 is 1.30 bits per heavy atom. The van der Waals surface area contributed by atoms with E-state index in [-0.39, 0.29) is 0 Å². The standard InChI is InChI=1S/C7H9NOS/c8-5-6-1-3-7(9-10)4-2-6/h1-4,10H,5,8H2. The minimum absolute atomic E-state index is 0.562. The molecule has 0 spiro atoms. The van der Waals surface area contributed by atoms with E-state index < -0.39 is 0 Å². The molecule has 2 nitrogen and oxygen atoms in total. The molecule has 0 saturated heterocycles. The highest BCUT2D eigenvalue weighted by Gasteiger charge is 1.89. The third kappa shape index (κ3) is 1.65. The summed E-state index contributed by atoms with van der Waals surface area (Å²) >= 11 is 3.64. The van der Waals surface area contributed by atoms with Crippen LogP contribution in [0.2, 0.25) is 0 Å². The van der Waals surface area contributed by atoms with Gasteiger partial charge in [0.1, 0.15) is 5.75 Å². The van der Waals surface area contributed by atoms with Crippen molar-refractivity contribution in [3.63, 3.8) is 0 Å². The summed E-state index contributed by atoms with van der Waals surface area (Å²) in [5.74, 6) is 0.737. The Morgan fingerprint density at radius 3 is 2.30 bits per heavy atom. The van der Waals surface area contributed by atoms with Gasteiger partial charge in [-0.15, -0.1) is 0 Å².